The second-order valence-electron chi connectivity index (χ2n) is 6.96. The Balaban J connectivity index is 1.80. The third kappa shape index (κ3) is 3.56. The largest absolute Gasteiger partial charge is 0.443 e. The highest BCUT2D eigenvalue weighted by molar-refractivity contribution is 5.98. The lowest BCUT2D eigenvalue weighted by Crippen LogP contribution is -2.36. The van der Waals surface area contributed by atoms with Crippen LogP contribution in [-0.4, -0.2) is 46.3 Å². The molecular weight excluding hydrogens is 308 g/mol. The van der Waals surface area contributed by atoms with Crippen LogP contribution in [0.25, 0.3) is 11.0 Å². The van der Waals surface area contributed by atoms with Crippen LogP contribution in [0, 0.1) is 0 Å². The van der Waals surface area contributed by atoms with E-state index in [1.54, 1.807) is 18.2 Å². The first-order valence-electron chi connectivity index (χ1n) is 8.05. The molecule has 3 rings (SSSR count). The van der Waals surface area contributed by atoms with Crippen LogP contribution < -0.4 is 10.6 Å². The van der Waals surface area contributed by atoms with Crippen LogP contribution in [0.2, 0.25) is 0 Å². The van der Waals surface area contributed by atoms with Crippen molar-refractivity contribution in [3.05, 3.63) is 30.1 Å². The first-order chi connectivity index (χ1) is 11.3. The number of imidazole rings is 1. The number of hydrogen-bond donors (Lipinski definition) is 2. The van der Waals surface area contributed by atoms with Gasteiger partial charge in [-0.05, 0) is 51.9 Å². The summed E-state index contributed by atoms with van der Waals surface area (Å²) in [4.78, 5) is 28.7. The number of fused-ring (bicyclic) bond motifs is 1. The van der Waals surface area contributed by atoms with Gasteiger partial charge in [-0.15, -0.1) is 0 Å². The minimum atomic E-state index is -0.581. The van der Waals surface area contributed by atoms with Crippen molar-refractivity contribution in [2.45, 2.75) is 38.8 Å². The van der Waals surface area contributed by atoms with Crippen molar-refractivity contribution in [3.63, 3.8) is 0 Å². The Labute approximate surface area is 140 Å². The zero-order valence-corrected chi connectivity index (χ0v) is 14.1. The Morgan fingerprint density at radius 2 is 2.17 bits per heavy atom. The molecule has 0 bridgehead atoms. The van der Waals surface area contributed by atoms with Crippen molar-refractivity contribution in [3.8, 4) is 0 Å². The Morgan fingerprint density at radius 1 is 1.38 bits per heavy atom. The van der Waals surface area contributed by atoms with E-state index in [-0.39, 0.29) is 11.9 Å². The van der Waals surface area contributed by atoms with Crippen LogP contribution in [-0.2, 0) is 4.74 Å². The van der Waals surface area contributed by atoms with Gasteiger partial charge in [-0.3, -0.25) is 4.79 Å². The van der Waals surface area contributed by atoms with Crippen molar-refractivity contribution < 1.29 is 14.3 Å². The molecular formula is C17H22N4O3. The first kappa shape index (κ1) is 16.4. The molecule has 0 radical (unpaired) electrons. The van der Waals surface area contributed by atoms with Gasteiger partial charge in [0, 0.05) is 18.2 Å². The van der Waals surface area contributed by atoms with Crippen molar-refractivity contribution in [1.29, 1.82) is 0 Å². The molecule has 7 heteroatoms. The molecule has 1 aromatic carbocycles. The summed E-state index contributed by atoms with van der Waals surface area (Å²) in [5.41, 5.74) is 1.15. The van der Waals surface area contributed by atoms with Crippen LogP contribution in [0.1, 0.15) is 37.6 Å². The third-order valence-corrected chi connectivity index (χ3v) is 3.80. The molecule has 1 unspecified atom stereocenters. The Hall–Kier alpha value is -2.41. The van der Waals surface area contributed by atoms with Crippen molar-refractivity contribution in [2.24, 2.45) is 0 Å². The number of aromatic nitrogens is 2. The summed E-state index contributed by atoms with van der Waals surface area (Å²) in [6.45, 7) is 7.14. The number of nitrogens with one attached hydrogen (secondary N) is 2. The number of ether oxygens (including phenoxy) is 1. The molecule has 0 spiro atoms. The molecule has 128 valence electrons. The fraction of sp³-hybridized carbons (Fsp3) is 0.471. The van der Waals surface area contributed by atoms with E-state index >= 15 is 0 Å². The van der Waals surface area contributed by atoms with Crippen LogP contribution in [0.4, 0.5) is 4.79 Å². The topological polar surface area (TPSA) is 85.2 Å². The average molecular weight is 330 g/mol. The van der Waals surface area contributed by atoms with Gasteiger partial charge in [0.15, 0.2) is 0 Å². The Kier molecular flexibility index (Phi) is 4.28. The van der Waals surface area contributed by atoms with Gasteiger partial charge in [-0.2, -0.15) is 0 Å². The van der Waals surface area contributed by atoms with Gasteiger partial charge in [0.1, 0.15) is 11.9 Å². The lowest BCUT2D eigenvalue weighted by Gasteiger charge is -2.19. The maximum atomic E-state index is 12.3. The smallest absolute Gasteiger partial charge is 0.420 e. The summed E-state index contributed by atoms with van der Waals surface area (Å²) < 4.78 is 6.70. The van der Waals surface area contributed by atoms with Gasteiger partial charge in [0.2, 0.25) is 0 Å². The maximum absolute atomic E-state index is 12.3. The molecule has 2 aromatic rings. The minimum Gasteiger partial charge on any atom is -0.443 e. The summed E-state index contributed by atoms with van der Waals surface area (Å²) >= 11 is 0. The fourth-order valence-corrected chi connectivity index (χ4v) is 2.66. The molecule has 1 amide bonds. The highest BCUT2D eigenvalue weighted by atomic mass is 16.6. The number of carbonyl (C=O) groups is 2. The Morgan fingerprint density at radius 3 is 2.83 bits per heavy atom. The van der Waals surface area contributed by atoms with Gasteiger partial charge in [0.05, 0.1) is 11.0 Å². The van der Waals surface area contributed by atoms with E-state index in [2.05, 4.69) is 15.6 Å². The third-order valence-electron chi connectivity index (χ3n) is 3.80. The second-order valence-corrected chi connectivity index (χ2v) is 6.96. The van der Waals surface area contributed by atoms with Crippen LogP contribution in [0.15, 0.2) is 24.5 Å². The van der Waals surface area contributed by atoms with Crippen LogP contribution in [0.3, 0.4) is 0 Å². The molecule has 24 heavy (non-hydrogen) atoms. The predicted octanol–water partition coefficient (Wildman–Crippen LogP) is 1.91. The summed E-state index contributed by atoms with van der Waals surface area (Å²) in [6, 6.07) is 5.26. The molecule has 1 saturated heterocycles. The lowest BCUT2D eigenvalue weighted by atomic mass is 10.1. The molecule has 1 fully saturated rings. The van der Waals surface area contributed by atoms with E-state index in [0.717, 1.165) is 19.5 Å². The Bertz CT molecular complexity index is 770. The second kappa shape index (κ2) is 6.24. The normalized spacial score (nSPS) is 17.9. The van der Waals surface area contributed by atoms with E-state index in [1.807, 2.05) is 20.8 Å². The average Bonchev–Trinajstić information content (AvgIpc) is 3.13. The highest BCUT2D eigenvalue weighted by Crippen LogP contribution is 2.17. The zero-order valence-electron chi connectivity index (χ0n) is 14.1. The van der Waals surface area contributed by atoms with Crippen LogP contribution in [0.5, 0.6) is 0 Å². The van der Waals surface area contributed by atoms with E-state index in [1.165, 1.54) is 10.9 Å². The summed E-state index contributed by atoms with van der Waals surface area (Å²) in [7, 11) is 0. The monoisotopic (exact) mass is 330 g/mol. The van der Waals surface area contributed by atoms with Crippen molar-refractivity contribution in [1.82, 2.24) is 20.2 Å². The van der Waals surface area contributed by atoms with Crippen molar-refractivity contribution in [2.75, 3.05) is 13.1 Å². The van der Waals surface area contributed by atoms with Crippen molar-refractivity contribution >= 4 is 23.0 Å². The quantitative estimate of drug-likeness (QED) is 0.878. The number of nitrogens with zero attached hydrogens (tertiary/aromatic N) is 2. The number of hydrogen-bond acceptors (Lipinski definition) is 5. The summed E-state index contributed by atoms with van der Waals surface area (Å²) in [5, 5.41) is 6.20. The molecule has 0 saturated carbocycles. The molecule has 1 aliphatic rings. The number of benzene rings is 1. The molecule has 1 aliphatic heterocycles. The maximum Gasteiger partial charge on any atom is 0.420 e. The summed E-state index contributed by atoms with van der Waals surface area (Å²) in [5.74, 6) is -0.127. The van der Waals surface area contributed by atoms with Gasteiger partial charge >= 0.3 is 6.09 Å². The van der Waals surface area contributed by atoms with Gasteiger partial charge in [-0.1, -0.05) is 0 Å². The molecule has 7 nitrogen and oxygen atoms in total. The van der Waals surface area contributed by atoms with E-state index < -0.39 is 11.7 Å². The standard InChI is InChI=1S/C17H22N4O3/c1-17(2,3)24-16(23)21-10-19-13-8-11(4-5-14(13)21)15(22)20-12-6-7-18-9-12/h4-5,8,10,12,18H,6-7,9H2,1-3H3,(H,20,22). The van der Waals surface area contributed by atoms with Gasteiger partial charge in [-0.25, -0.2) is 14.3 Å². The highest BCUT2D eigenvalue weighted by Gasteiger charge is 2.21. The zero-order chi connectivity index (χ0) is 17.3. The molecule has 1 atom stereocenters. The number of carbonyl (C=O) groups excluding carboxylic acids is 2. The number of rotatable bonds is 2. The van der Waals surface area contributed by atoms with Gasteiger partial charge in [0.25, 0.3) is 5.91 Å². The number of amides is 1. The first-order valence-corrected chi connectivity index (χ1v) is 8.05. The molecule has 2 heterocycles. The van der Waals surface area contributed by atoms with E-state index in [0.29, 0.717) is 16.6 Å². The predicted molar refractivity (Wildman–Crippen MR) is 90.1 cm³/mol. The SMILES string of the molecule is CC(C)(C)OC(=O)n1cnc2cc(C(=O)NC3CCNC3)ccc21. The van der Waals surface area contributed by atoms with Crippen LogP contribution >= 0.6 is 0 Å². The molecule has 0 aliphatic carbocycles. The van der Waals surface area contributed by atoms with Gasteiger partial charge < -0.3 is 15.4 Å². The van der Waals surface area contributed by atoms with E-state index in [9.17, 15) is 9.59 Å². The fourth-order valence-electron chi connectivity index (χ4n) is 2.66. The molecule has 1 aromatic heterocycles. The minimum absolute atomic E-state index is 0.127. The van der Waals surface area contributed by atoms with E-state index in [4.69, 9.17) is 4.74 Å². The lowest BCUT2D eigenvalue weighted by molar-refractivity contribution is 0.0543. The summed E-state index contributed by atoms with van der Waals surface area (Å²) in [6.07, 6.45) is 1.86. The molecule has 2 N–H and O–H groups in total.